The smallest absolute Gasteiger partial charge is 0.328 e. The van der Waals surface area contributed by atoms with Gasteiger partial charge in [-0.1, -0.05) is 13.8 Å². The molecule has 0 aromatic rings. The molecule has 1 saturated heterocycles. The lowest BCUT2D eigenvalue weighted by atomic mass is 9.92. The van der Waals surface area contributed by atoms with Crippen molar-refractivity contribution in [1.82, 2.24) is 10.2 Å². The molecule has 0 unspecified atom stereocenters. The van der Waals surface area contributed by atoms with E-state index in [4.69, 9.17) is 0 Å². The zero-order chi connectivity index (χ0) is 13.0. The van der Waals surface area contributed by atoms with Gasteiger partial charge in [0, 0.05) is 13.1 Å². The Morgan fingerprint density at radius 3 is 2.29 bits per heavy atom. The van der Waals surface area contributed by atoms with Gasteiger partial charge in [-0.05, 0) is 25.2 Å². The van der Waals surface area contributed by atoms with E-state index in [9.17, 15) is 9.59 Å². The Bertz CT molecular complexity index is 283. The Balaban J connectivity index is 2.49. The van der Waals surface area contributed by atoms with Gasteiger partial charge in [0.05, 0.1) is 7.11 Å². The van der Waals surface area contributed by atoms with E-state index in [2.05, 4.69) is 23.9 Å². The molecule has 1 aliphatic rings. The summed E-state index contributed by atoms with van der Waals surface area (Å²) in [6.45, 7) is 7.41. The normalized spacial score (nSPS) is 26.2. The van der Waals surface area contributed by atoms with Crippen molar-refractivity contribution in [3.63, 3.8) is 0 Å². The number of hydrogen-bond donors (Lipinski definition) is 1. The third kappa shape index (κ3) is 3.91. The first-order valence-corrected chi connectivity index (χ1v) is 6.07. The quantitative estimate of drug-likeness (QED) is 0.741. The molecule has 1 fully saturated rings. The Labute approximate surface area is 102 Å². The maximum absolute atomic E-state index is 11.9. The molecule has 98 valence electrons. The third-order valence-corrected chi connectivity index (χ3v) is 3.05. The van der Waals surface area contributed by atoms with Gasteiger partial charge in [0.2, 0.25) is 0 Å². The summed E-state index contributed by atoms with van der Waals surface area (Å²) in [6, 6.07) is -0.777. The lowest BCUT2D eigenvalue weighted by Crippen LogP contribution is -2.51. The fraction of sp³-hybridized carbons (Fsp3) is 0.833. The van der Waals surface area contributed by atoms with Crippen LogP contribution < -0.4 is 5.32 Å². The topological polar surface area (TPSA) is 58.6 Å². The molecule has 0 spiro atoms. The van der Waals surface area contributed by atoms with E-state index in [0.29, 0.717) is 11.8 Å². The number of nitrogens with one attached hydrogen (secondary N) is 1. The molecule has 0 aromatic heterocycles. The highest BCUT2D eigenvalue weighted by Gasteiger charge is 2.27. The molecule has 1 N–H and O–H groups in total. The summed E-state index contributed by atoms with van der Waals surface area (Å²) in [5.41, 5.74) is 0. The number of hydrogen-bond acceptors (Lipinski definition) is 3. The van der Waals surface area contributed by atoms with Crippen molar-refractivity contribution < 1.29 is 14.3 Å². The second kappa shape index (κ2) is 5.89. The van der Waals surface area contributed by atoms with Crippen molar-refractivity contribution in [3.05, 3.63) is 0 Å². The number of piperidine rings is 1. The number of ether oxygens (including phenoxy) is 1. The van der Waals surface area contributed by atoms with Crippen LogP contribution in [0.5, 0.6) is 0 Å². The average Bonchev–Trinajstić information content (AvgIpc) is 2.26. The van der Waals surface area contributed by atoms with Gasteiger partial charge >= 0.3 is 12.0 Å². The van der Waals surface area contributed by atoms with Gasteiger partial charge in [-0.3, -0.25) is 0 Å². The van der Waals surface area contributed by atoms with E-state index in [1.54, 1.807) is 11.8 Å². The van der Waals surface area contributed by atoms with Crippen molar-refractivity contribution >= 4 is 12.0 Å². The van der Waals surface area contributed by atoms with Crippen molar-refractivity contribution in [2.24, 2.45) is 11.8 Å². The molecule has 5 nitrogen and oxygen atoms in total. The predicted octanol–water partition coefficient (Wildman–Crippen LogP) is 1.24. The molecular weight excluding hydrogens is 220 g/mol. The lowest BCUT2D eigenvalue weighted by Gasteiger charge is -2.35. The monoisotopic (exact) mass is 242 g/mol. The van der Waals surface area contributed by atoms with E-state index >= 15 is 0 Å². The molecule has 0 saturated carbocycles. The summed E-state index contributed by atoms with van der Waals surface area (Å²) >= 11 is 0. The standard InChI is InChI=1S/C12H22N2O3/c1-8-5-9(2)7-14(6-8)12(16)13-10(3)11(15)17-4/h8-10H,5-7H2,1-4H3,(H,13,16)/t8-,9+,10-/m0/s1. The summed E-state index contributed by atoms with van der Waals surface area (Å²) in [6.07, 6.45) is 1.15. The van der Waals surface area contributed by atoms with Crippen LogP contribution in [-0.2, 0) is 9.53 Å². The van der Waals surface area contributed by atoms with Gasteiger partial charge in [-0.2, -0.15) is 0 Å². The highest BCUT2D eigenvalue weighted by atomic mass is 16.5. The van der Waals surface area contributed by atoms with Crippen LogP contribution in [0.3, 0.4) is 0 Å². The van der Waals surface area contributed by atoms with Gasteiger partial charge < -0.3 is 15.0 Å². The highest BCUT2D eigenvalue weighted by Crippen LogP contribution is 2.20. The SMILES string of the molecule is COC(=O)[C@H](C)NC(=O)N1C[C@H](C)C[C@H](C)C1. The van der Waals surface area contributed by atoms with Crippen LogP contribution in [0.2, 0.25) is 0 Å². The molecule has 17 heavy (non-hydrogen) atoms. The van der Waals surface area contributed by atoms with Gasteiger partial charge in [-0.25, -0.2) is 9.59 Å². The second-order valence-corrected chi connectivity index (χ2v) is 5.05. The van der Waals surface area contributed by atoms with Crippen LogP contribution in [0, 0.1) is 11.8 Å². The molecule has 1 heterocycles. The number of amides is 2. The minimum absolute atomic E-state index is 0.179. The second-order valence-electron chi connectivity index (χ2n) is 5.05. The average molecular weight is 242 g/mol. The molecule has 1 aliphatic heterocycles. The van der Waals surface area contributed by atoms with E-state index < -0.39 is 12.0 Å². The number of carbonyl (C=O) groups excluding carboxylic acids is 2. The van der Waals surface area contributed by atoms with Crippen molar-refractivity contribution in [1.29, 1.82) is 0 Å². The van der Waals surface area contributed by atoms with Crippen LogP contribution in [0.15, 0.2) is 0 Å². The maximum atomic E-state index is 11.9. The minimum Gasteiger partial charge on any atom is -0.467 e. The first-order chi connectivity index (χ1) is 7.93. The molecule has 3 atom stereocenters. The summed E-state index contributed by atoms with van der Waals surface area (Å²) < 4.78 is 4.57. The number of urea groups is 1. The summed E-state index contributed by atoms with van der Waals surface area (Å²) in [7, 11) is 1.32. The molecule has 0 aromatic carbocycles. The third-order valence-electron chi connectivity index (χ3n) is 3.05. The highest BCUT2D eigenvalue weighted by molar-refractivity contribution is 5.83. The summed E-state index contributed by atoms with van der Waals surface area (Å²) in [4.78, 5) is 24.9. The predicted molar refractivity (Wildman–Crippen MR) is 64.5 cm³/mol. The fourth-order valence-electron chi connectivity index (χ4n) is 2.34. The lowest BCUT2D eigenvalue weighted by molar-refractivity contribution is -0.142. The maximum Gasteiger partial charge on any atom is 0.328 e. The molecule has 0 aliphatic carbocycles. The minimum atomic E-state index is -0.597. The van der Waals surface area contributed by atoms with Crippen molar-refractivity contribution in [2.75, 3.05) is 20.2 Å². The van der Waals surface area contributed by atoms with Crippen molar-refractivity contribution in [3.8, 4) is 0 Å². The van der Waals surface area contributed by atoms with Crippen LogP contribution in [0.25, 0.3) is 0 Å². The molecule has 0 radical (unpaired) electrons. The van der Waals surface area contributed by atoms with Gasteiger partial charge in [-0.15, -0.1) is 0 Å². The molecule has 1 rings (SSSR count). The fourth-order valence-corrected chi connectivity index (χ4v) is 2.34. The van der Waals surface area contributed by atoms with Crippen LogP contribution in [-0.4, -0.2) is 43.1 Å². The van der Waals surface area contributed by atoms with Crippen LogP contribution in [0.4, 0.5) is 4.79 Å². The Kier molecular flexibility index (Phi) is 4.78. The molecular formula is C12H22N2O3. The molecule has 5 heteroatoms. The largest absolute Gasteiger partial charge is 0.467 e. The number of carbonyl (C=O) groups is 2. The Hall–Kier alpha value is -1.26. The molecule has 0 bridgehead atoms. The number of methoxy groups -OCH3 is 1. The zero-order valence-corrected chi connectivity index (χ0v) is 11.0. The van der Waals surface area contributed by atoms with E-state index in [-0.39, 0.29) is 6.03 Å². The first kappa shape index (κ1) is 13.8. The van der Waals surface area contributed by atoms with E-state index in [0.717, 1.165) is 19.5 Å². The zero-order valence-electron chi connectivity index (χ0n) is 11.0. The Morgan fingerprint density at radius 2 is 1.82 bits per heavy atom. The van der Waals surface area contributed by atoms with Gasteiger partial charge in [0.15, 0.2) is 0 Å². The van der Waals surface area contributed by atoms with Crippen molar-refractivity contribution in [2.45, 2.75) is 33.2 Å². The summed E-state index contributed by atoms with van der Waals surface area (Å²) in [5, 5.41) is 2.65. The van der Waals surface area contributed by atoms with Gasteiger partial charge in [0.1, 0.15) is 6.04 Å². The van der Waals surface area contributed by atoms with Crippen LogP contribution >= 0.6 is 0 Å². The number of esters is 1. The number of rotatable bonds is 2. The number of nitrogens with zero attached hydrogens (tertiary/aromatic N) is 1. The Morgan fingerprint density at radius 1 is 1.29 bits per heavy atom. The van der Waals surface area contributed by atoms with E-state index in [1.165, 1.54) is 7.11 Å². The molecule has 2 amide bonds. The van der Waals surface area contributed by atoms with E-state index in [1.807, 2.05) is 0 Å². The summed E-state index contributed by atoms with van der Waals surface area (Å²) in [5.74, 6) is 0.604. The van der Waals surface area contributed by atoms with Crippen LogP contribution in [0.1, 0.15) is 27.2 Å². The van der Waals surface area contributed by atoms with Gasteiger partial charge in [0.25, 0.3) is 0 Å². The first-order valence-electron chi connectivity index (χ1n) is 6.07. The number of likely N-dealkylation sites (tertiary alicyclic amines) is 1.